The molecule has 1 N–H and O–H groups in total. The Morgan fingerprint density at radius 3 is 2.67 bits per heavy atom. The lowest BCUT2D eigenvalue weighted by Crippen LogP contribution is -2.26. The van der Waals surface area contributed by atoms with Gasteiger partial charge in [-0.1, -0.05) is 45.0 Å². The van der Waals surface area contributed by atoms with E-state index in [4.69, 9.17) is 4.74 Å². The van der Waals surface area contributed by atoms with Gasteiger partial charge in [0.25, 0.3) is 0 Å². The highest BCUT2D eigenvalue weighted by Crippen LogP contribution is 2.16. The van der Waals surface area contributed by atoms with Crippen molar-refractivity contribution in [2.45, 2.75) is 46.1 Å². The highest BCUT2D eigenvalue weighted by atomic mass is 16.5. The van der Waals surface area contributed by atoms with E-state index in [0.29, 0.717) is 6.04 Å². The molecule has 0 aliphatic carbocycles. The summed E-state index contributed by atoms with van der Waals surface area (Å²) in [6.07, 6.45) is 3.32. The third kappa shape index (κ3) is 5.19. The monoisotopic (exact) mass is 249 g/mol. The summed E-state index contributed by atoms with van der Waals surface area (Å²) in [6, 6.07) is 9.15. The molecule has 0 spiro atoms. The first-order chi connectivity index (χ1) is 8.81. The molecule has 2 heteroatoms. The molecule has 0 heterocycles. The fourth-order valence-electron chi connectivity index (χ4n) is 1.97. The van der Waals surface area contributed by atoms with E-state index in [1.54, 1.807) is 0 Å². The van der Waals surface area contributed by atoms with Gasteiger partial charge in [-0.25, -0.2) is 0 Å². The van der Waals surface area contributed by atoms with E-state index in [1.807, 2.05) is 0 Å². The Morgan fingerprint density at radius 1 is 1.17 bits per heavy atom. The van der Waals surface area contributed by atoms with Crippen LogP contribution in [0.25, 0.3) is 0 Å². The summed E-state index contributed by atoms with van der Waals surface area (Å²) in [5.74, 6) is 0. The molecule has 0 aromatic heterocycles. The second-order valence-corrected chi connectivity index (χ2v) is 4.68. The highest BCUT2D eigenvalue weighted by Gasteiger charge is 2.10. The Hall–Kier alpha value is -0.860. The molecule has 0 aliphatic heterocycles. The van der Waals surface area contributed by atoms with Crippen LogP contribution in [-0.2, 0) is 11.2 Å². The number of hydrogen-bond acceptors (Lipinski definition) is 2. The molecule has 0 bridgehead atoms. The summed E-state index contributed by atoms with van der Waals surface area (Å²) in [5.41, 5.74) is 2.74. The first-order valence-electron chi connectivity index (χ1n) is 7.21. The highest BCUT2D eigenvalue weighted by molar-refractivity contribution is 5.26. The third-order valence-electron chi connectivity index (χ3n) is 3.04. The molecular weight excluding hydrogens is 222 g/mol. The van der Waals surface area contributed by atoms with Crippen LogP contribution in [0, 0.1) is 0 Å². The Morgan fingerprint density at radius 2 is 2.00 bits per heavy atom. The topological polar surface area (TPSA) is 21.3 Å². The number of hydrogen-bond donors (Lipinski definition) is 1. The van der Waals surface area contributed by atoms with Crippen LogP contribution in [0.1, 0.15) is 50.8 Å². The quantitative estimate of drug-likeness (QED) is 0.674. The van der Waals surface area contributed by atoms with Gasteiger partial charge in [0.1, 0.15) is 0 Å². The van der Waals surface area contributed by atoms with Crippen molar-refractivity contribution in [1.29, 1.82) is 0 Å². The fourth-order valence-corrected chi connectivity index (χ4v) is 1.97. The van der Waals surface area contributed by atoms with Crippen LogP contribution in [-0.4, -0.2) is 19.8 Å². The maximum absolute atomic E-state index is 5.71. The van der Waals surface area contributed by atoms with Crippen LogP contribution in [0.2, 0.25) is 0 Å². The van der Waals surface area contributed by atoms with Crippen molar-refractivity contribution in [2.24, 2.45) is 0 Å². The normalized spacial score (nSPS) is 12.6. The van der Waals surface area contributed by atoms with Crippen molar-refractivity contribution in [3.8, 4) is 0 Å². The van der Waals surface area contributed by atoms with E-state index in [2.05, 4.69) is 50.4 Å². The lowest BCUT2D eigenvalue weighted by Gasteiger charge is -2.19. The smallest absolute Gasteiger partial charge is 0.0661 e. The fraction of sp³-hybridized carbons (Fsp3) is 0.625. The van der Waals surface area contributed by atoms with Crippen LogP contribution in [0.15, 0.2) is 24.3 Å². The van der Waals surface area contributed by atoms with Gasteiger partial charge in [-0.2, -0.15) is 0 Å². The zero-order valence-electron chi connectivity index (χ0n) is 12.0. The zero-order chi connectivity index (χ0) is 13.2. The van der Waals surface area contributed by atoms with Crippen molar-refractivity contribution in [3.63, 3.8) is 0 Å². The molecule has 1 unspecified atom stereocenters. The lowest BCUT2D eigenvalue weighted by molar-refractivity contribution is 0.112. The zero-order valence-corrected chi connectivity index (χ0v) is 12.0. The van der Waals surface area contributed by atoms with E-state index in [1.165, 1.54) is 11.1 Å². The van der Waals surface area contributed by atoms with Gasteiger partial charge in [0.15, 0.2) is 0 Å². The van der Waals surface area contributed by atoms with E-state index < -0.39 is 0 Å². The largest absolute Gasteiger partial charge is 0.379 e. The molecule has 0 saturated carbocycles. The molecule has 0 radical (unpaired) electrons. The molecule has 0 amide bonds. The van der Waals surface area contributed by atoms with E-state index in [9.17, 15) is 0 Å². The van der Waals surface area contributed by atoms with Crippen molar-refractivity contribution in [2.75, 3.05) is 19.8 Å². The Balaban J connectivity index is 2.66. The molecular formula is C16H27NO. The molecule has 0 fully saturated rings. The first kappa shape index (κ1) is 15.2. The summed E-state index contributed by atoms with van der Waals surface area (Å²) in [6.45, 7) is 9.18. The minimum absolute atomic E-state index is 0.322. The molecule has 0 aliphatic rings. The maximum Gasteiger partial charge on any atom is 0.0661 e. The lowest BCUT2D eigenvalue weighted by atomic mass is 10.0. The number of ether oxygens (including phenoxy) is 1. The molecule has 102 valence electrons. The standard InChI is InChI=1S/C16H27NO/c1-4-10-17-16(13-18-11-5-2)15-9-7-8-14(6-3)12-15/h7-9,12,16-17H,4-6,10-11,13H2,1-3H3. The van der Waals surface area contributed by atoms with Gasteiger partial charge in [-0.05, 0) is 36.9 Å². The predicted molar refractivity (Wildman–Crippen MR) is 78.0 cm³/mol. The van der Waals surface area contributed by atoms with E-state index >= 15 is 0 Å². The van der Waals surface area contributed by atoms with Crippen LogP contribution in [0.5, 0.6) is 0 Å². The van der Waals surface area contributed by atoms with Crippen molar-refractivity contribution in [1.82, 2.24) is 5.32 Å². The molecule has 1 atom stereocenters. The van der Waals surface area contributed by atoms with Gasteiger partial charge in [0.2, 0.25) is 0 Å². The Kier molecular flexibility index (Phi) is 7.70. The maximum atomic E-state index is 5.71. The van der Waals surface area contributed by atoms with E-state index in [-0.39, 0.29) is 0 Å². The van der Waals surface area contributed by atoms with Crippen LogP contribution < -0.4 is 5.32 Å². The molecule has 1 aromatic carbocycles. The number of benzene rings is 1. The van der Waals surface area contributed by atoms with E-state index in [0.717, 1.165) is 39.0 Å². The van der Waals surface area contributed by atoms with Gasteiger partial charge in [-0.15, -0.1) is 0 Å². The van der Waals surface area contributed by atoms with Gasteiger partial charge < -0.3 is 10.1 Å². The van der Waals surface area contributed by atoms with Gasteiger partial charge in [0.05, 0.1) is 12.6 Å². The number of rotatable bonds is 9. The van der Waals surface area contributed by atoms with Crippen LogP contribution >= 0.6 is 0 Å². The summed E-state index contributed by atoms with van der Waals surface area (Å²) in [4.78, 5) is 0. The average Bonchev–Trinajstić information content (AvgIpc) is 2.42. The number of nitrogens with one attached hydrogen (secondary N) is 1. The van der Waals surface area contributed by atoms with Crippen molar-refractivity contribution >= 4 is 0 Å². The molecule has 1 rings (SSSR count). The Labute approximate surface area is 112 Å². The van der Waals surface area contributed by atoms with Crippen LogP contribution in [0.3, 0.4) is 0 Å². The summed E-state index contributed by atoms with van der Waals surface area (Å²) < 4.78 is 5.71. The summed E-state index contributed by atoms with van der Waals surface area (Å²) in [5, 5.41) is 3.57. The van der Waals surface area contributed by atoms with Gasteiger partial charge in [0, 0.05) is 6.61 Å². The van der Waals surface area contributed by atoms with Crippen molar-refractivity contribution in [3.05, 3.63) is 35.4 Å². The van der Waals surface area contributed by atoms with Crippen molar-refractivity contribution < 1.29 is 4.74 Å². The SMILES string of the molecule is CCCNC(COCCC)c1cccc(CC)c1. The second-order valence-electron chi connectivity index (χ2n) is 4.68. The summed E-state index contributed by atoms with van der Waals surface area (Å²) >= 11 is 0. The third-order valence-corrected chi connectivity index (χ3v) is 3.04. The minimum atomic E-state index is 0.322. The molecule has 18 heavy (non-hydrogen) atoms. The van der Waals surface area contributed by atoms with Gasteiger partial charge in [-0.3, -0.25) is 0 Å². The minimum Gasteiger partial charge on any atom is -0.379 e. The second kappa shape index (κ2) is 9.12. The number of aryl methyl sites for hydroxylation is 1. The molecule has 1 aromatic rings. The summed E-state index contributed by atoms with van der Waals surface area (Å²) in [7, 11) is 0. The Bertz CT molecular complexity index is 325. The average molecular weight is 249 g/mol. The molecule has 0 saturated heterocycles. The predicted octanol–water partition coefficient (Wildman–Crippen LogP) is 3.72. The van der Waals surface area contributed by atoms with Crippen LogP contribution in [0.4, 0.5) is 0 Å². The van der Waals surface area contributed by atoms with Gasteiger partial charge >= 0.3 is 0 Å². The molecule has 2 nitrogen and oxygen atoms in total. The first-order valence-corrected chi connectivity index (χ1v) is 7.21.